The molecule has 8 heteroatoms. The van der Waals surface area contributed by atoms with E-state index in [1.54, 1.807) is 18.4 Å². The molecule has 0 aliphatic carbocycles. The van der Waals surface area contributed by atoms with Crippen molar-refractivity contribution < 1.29 is 4.74 Å². The van der Waals surface area contributed by atoms with Crippen molar-refractivity contribution in [3.05, 3.63) is 24.3 Å². The predicted molar refractivity (Wildman–Crippen MR) is 125 cm³/mol. The van der Waals surface area contributed by atoms with E-state index in [9.17, 15) is 0 Å². The smallest absolute Gasteiger partial charge is 0.216 e. The highest BCUT2D eigenvalue weighted by Crippen LogP contribution is 2.35. The summed E-state index contributed by atoms with van der Waals surface area (Å²) in [6.07, 6.45) is 1.21. The zero-order chi connectivity index (χ0) is 21.3. The van der Waals surface area contributed by atoms with E-state index in [1.165, 1.54) is 13.0 Å². The minimum atomic E-state index is -0.104. The second-order valence-electron chi connectivity index (χ2n) is 8.82. The summed E-state index contributed by atoms with van der Waals surface area (Å²) in [5, 5.41) is 9.64. The molecule has 1 aromatic carbocycles. The molecular weight excluding hydrogens is 396 g/mol. The van der Waals surface area contributed by atoms with Gasteiger partial charge in [-0.05, 0) is 58.0 Å². The van der Waals surface area contributed by atoms with Crippen LogP contribution in [0.2, 0.25) is 0 Å². The lowest BCUT2D eigenvalue weighted by Gasteiger charge is -2.34. The van der Waals surface area contributed by atoms with E-state index in [4.69, 9.17) is 14.8 Å². The molecule has 0 atom stereocenters. The van der Waals surface area contributed by atoms with Gasteiger partial charge in [-0.1, -0.05) is 18.3 Å². The van der Waals surface area contributed by atoms with Gasteiger partial charge in [-0.15, -0.1) is 5.10 Å². The van der Waals surface area contributed by atoms with E-state index in [0.29, 0.717) is 0 Å². The Balaban J connectivity index is 1.66. The minimum absolute atomic E-state index is 0.104. The fourth-order valence-corrected chi connectivity index (χ4v) is 4.72. The summed E-state index contributed by atoms with van der Waals surface area (Å²) in [6, 6.07) is 8.04. The van der Waals surface area contributed by atoms with E-state index in [1.807, 2.05) is 28.8 Å². The highest BCUT2D eigenvalue weighted by molar-refractivity contribution is 7.20. The van der Waals surface area contributed by atoms with Gasteiger partial charge in [-0.3, -0.25) is 4.90 Å². The monoisotopic (exact) mass is 428 g/mol. The van der Waals surface area contributed by atoms with Crippen LogP contribution in [0.1, 0.15) is 34.1 Å². The Hall–Kier alpha value is -2.32. The third-order valence-electron chi connectivity index (χ3n) is 5.23. The van der Waals surface area contributed by atoms with Gasteiger partial charge in [0, 0.05) is 37.3 Å². The fraction of sp³-hybridized carbons (Fsp3) is 0.545. The molecule has 0 amide bonds. The Labute approximate surface area is 182 Å². The molecule has 1 aliphatic heterocycles. The molecule has 0 spiro atoms. The van der Waals surface area contributed by atoms with Crippen LogP contribution in [0.5, 0.6) is 5.75 Å². The number of hydrogen-bond donors (Lipinski definition) is 1. The summed E-state index contributed by atoms with van der Waals surface area (Å²) in [7, 11) is 1.68. The van der Waals surface area contributed by atoms with Crippen LogP contribution in [0, 0.1) is 0 Å². The molecule has 2 aromatic heterocycles. The second kappa shape index (κ2) is 8.43. The Morgan fingerprint density at radius 2 is 1.80 bits per heavy atom. The molecule has 3 aromatic rings. The molecule has 0 radical (unpaired) electrons. The Bertz CT molecular complexity index is 980. The highest BCUT2D eigenvalue weighted by atomic mass is 32.1. The molecule has 162 valence electrons. The van der Waals surface area contributed by atoms with Crippen LogP contribution >= 0.6 is 11.3 Å². The van der Waals surface area contributed by atoms with Crippen LogP contribution in [0.4, 0.5) is 10.9 Å². The van der Waals surface area contributed by atoms with Gasteiger partial charge in [0.2, 0.25) is 10.1 Å². The molecule has 0 unspecified atom stereocenters. The van der Waals surface area contributed by atoms with Crippen molar-refractivity contribution in [1.29, 1.82) is 0 Å². The molecule has 3 heterocycles. The van der Waals surface area contributed by atoms with Gasteiger partial charge < -0.3 is 15.0 Å². The van der Waals surface area contributed by atoms with Crippen molar-refractivity contribution in [2.24, 2.45) is 0 Å². The number of methoxy groups -OCH3 is 1. The number of fused-ring (bicyclic) bond motifs is 1. The number of nitrogens with zero attached hydrogens (tertiary/aromatic N) is 5. The van der Waals surface area contributed by atoms with Crippen LogP contribution in [0.3, 0.4) is 0 Å². The number of nitrogens with one attached hydrogen (secondary N) is 1. The SMILES string of the molecule is CCCN1CCN(c2nn3c(NC(C)(C)C)c(-c4ccc(OC)cc4)nc3s2)CC1. The number of aromatic nitrogens is 3. The summed E-state index contributed by atoms with van der Waals surface area (Å²) >= 11 is 1.67. The van der Waals surface area contributed by atoms with Crippen LogP contribution < -0.4 is 15.0 Å². The number of imidazole rings is 1. The van der Waals surface area contributed by atoms with Crippen molar-refractivity contribution >= 4 is 27.2 Å². The molecule has 1 N–H and O–H groups in total. The molecule has 30 heavy (non-hydrogen) atoms. The van der Waals surface area contributed by atoms with Crippen molar-refractivity contribution in [3.8, 4) is 17.0 Å². The summed E-state index contributed by atoms with van der Waals surface area (Å²) in [5.74, 6) is 1.78. The molecule has 7 nitrogen and oxygen atoms in total. The number of piperazine rings is 1. The van der Waals surface area contributed by atoms with Gasteiger partial charge in [0.05, 0.1) is 7.11 Å². The van der Waals surface area contributed by atoms with E-state index in [2.05, 4.69) is 42.8 Å². The molecular formula is C22H32N6OS. The lowest BCUT2D eigenvalue weighted by Crippen LogP contribution is -2.46. The number of benzene rings is 1. The number of hydrogen-bond acceptors (Lipinski definition) is 7. The molecule has 0 saturated carbocycles. The minimum Gasteiger partial charge on any atom is -0.497 e. The third kappa shape index (κ3) is 4.39. The van der Waals surface area contributed by atoms with Gasteiger partial charge >= 0.3 is 0 Å². The first-order valence-corrected chi connectivity index (χ1v) is 11.5. The molecule has 1 aliphatic rings. The highest BCUT2D eigenvalue weighted by Gasteiger charge is 2.25. The summed E-state index contributed by atoms with van der Waals surface area (Å²) in [4.78, 5) is 10.8. The first kappa shape index (κ1) is 20.9. The maximum absolute atomic E-state index is 5.31. The van der Waals surface area contributed by atoms with Gasteiger partial charge in [0.1, 0.15) is 11.4 Å². The normalized spacial score (nSPS) is 15.7. The Kier molecular flexibility index (Phi) is 5.88. The number of rotatable bonds is 6. The lowest BCUT2D eigenvalue weighted by molar-refractivity contribution is 0.258. The maximum atomic E-state index is 5.31. The van der Waals surface area contributed by atoms with Gasteiger partial charge in [-0.2, -0.15) is 4.52 Å². The number of anilines is 2. The summed E-state index contributed by atoms with van der Waals surface area (Å²) < 4.78 is 7.28. The van der Waals surface area contributed by atoms with Gasteiger partial charge in [0.15, 0.2) is 5.82 Å². The first-order valence-electron chi connectivity index (χ1n) is 10.7. The summed E-state index contributed by atoms with van der Waals surface area (Å²) in [5.41, 5.74) is 1.87. The van der Waals surface area contributed by atoms with Crippen LogP contribution in [0.25, 0.3) is 16.2 Å². The van der Waals surface area contributed by atoms with Crippen LogP contribution in [-0.4, -0.2) is 64.9 Å². The van der Waals surface area contributed by atoms with Crippen molar-refractivity contribution in [3.63, 3.8) is 0 Å². The molecule has 0 bridgehead atoms. The zero-order valence-corrected chi connectivity index (χ0v) is 19.4. The van der Waals surface area contributed by atoms with Crippen molar-refractivity contribution in [2.75, 3.05) is 50.1 Å². The zero-order valence-electron chi connectivity index (χ0n) is 18.6. The van der Waals surface area contributed by atoms with E-state index >= 15 is 0 Å². The van der Waals surface area contributed by atoms with E-state index < -0.39 is 0 Å². The lowest BCUT2D eigenvalue weighted by atomic mass is 10.1. The fourth-order valence-electron chi connectivity index (χ4n) is 3.76. The van der Waals surface area contributed by atoms with Crippen LogP contribution in [-0.2, 0) is 0 Å². The summed E-state index contributed by atoms with van der Waals surface area (Å²) in [6.45, 7) is 14.1. The van der Waals surface area contributed by atoms with Gasteiger partial charge in [-0.25, -0.2) is 4.98 Å². The largest absolute Gasteiger partial charge is 0.497 e. The van der Waals surface area contributed by atoms with E-state index in [0.717, 1.165) is 59.1 Å². The van der Waals surface area contributed by atoms with Crippen LogP contribution in [0.15, 0.2) is 24.3 Å². The van der Waals surface area contributed by atoms with E-state index in [-0.39, 0.29) is 5.54 Å². The molecule has 1 saturated heterocycles. The van der Waals surface area contributed by atoms with Crippen molar-refractivity contribution in [2.45, 2.75) is 39.7 Å². The molecule has 1 fully saturated rings. The quantitative estimate of drug-likeness (QED) is 0.635. The topological polar surface area (TPSA) is 57.9 Å². The van der Waals surface area contributed by atoms with Crippen molar-refractivity contribution in [1.82, 2.24) is 19.5 Å². The number of ether oxygens (including phenoxy) is 1. The first-order chi connectivity index (χ1) is 14.4. The average molecular weight is 429 g/mol. The molecule has 4 rings (SSSR count). The maximum Gasteiger partial charge on any atom is 0.216 e. The standard InChI is InChI=1S/C22H32N6OS/c1-6-11-26-12-14-27(15-13-26)21-25-28-19(24-22(2,3)4)18(23-20(28)30-21)16-7-9-17(29-5)10-8-16/h7-10,24H,6,11-15H2,1-5H3. The Morgan fingerprint density at radius 3 is 2.40 bits per heavy atom. The van der Waals surface area contributed by atoms with Gasteiger partial charge in [0.25, 0.3) is 0 Å². The third-order valence-corrected chi connectivity index (χ3v) is 6.20. The average Bonchev–Trinajstić information content (AvgIpc) is 3.27. The predicted octanol–water partition coefficient (Wildman–Crippen LogP) is 4.21. The second-order valence-corrected chi connectivity index (χ2v) is 9.75. The Morgan fingerprint density at radius 1 is 1.10 bits per heavy atom.